The molecule has 26 heavy (non-hydrogen) atoms. The predicted molar refractivity (Wildman–Crippen MR) is 108 cm³/mol. The summed E-state index contributed by atoms with van der Waals surface area (Å²) < 4.78 is 6.19. The number of pyridine rings is 1. The summed E-state index contributed by atoms with van der Waals surface area (Å²) in [5, 5.41) is 2.45. The molecule has 1 aliphatic heterocycles. The summed E-state index contributed by atoms with van der Waals surface area (Å²) in [5.74, 6) is 0.976. The van der Waals surface area contributed by atoms with E-state index >= 15 is 0 Å². The minimum atomic E-state index is 0.347. The van der Waals surface area contributed by atoms with Crippen LogP contribution in [0.5, 0.6) is 5.75 Å². The minimum Gasteiger partial charge on any atom is -0.490 e. The van der Waals surface area contributed by atoms with E-state index in [2.05, 4.69) is 72.3 Å². The molecule has 0 aliphatic carbocycles. The van der Waals surface area contributed by atoms with Gasteiger partial charge in [-0.25, -0.2) is 0 Å². The highest BCUT2D eigenvalue weighted by molar-refractivity contribution is 5.88. The first-order valence-corrected chi connectivity index (χ1v) is 9.58. The largest absolute Gasteiger partial charge is 0.490 e. The lowest BCUT2D eigenvalue weighted by Gasteiger charge is -2.31. The fourth-order valence-electron chi connectivity index (χ4n) is 3.77. The van der Waals surface area contributed by atoms with Crippen LogP contribution in [-0.2, 0) is 0 Å². The predicted octanol–water partition coefficient (Wildman–Crippen LogP) is 5.07. The Labute approximate surface area is 155 Å². The van der Waals surface area contributed by atoms with E-state index in [0.717, 1.165) is 43.9 Å². The van der Waals surface area contributed by atoms with E-state index < -0.39 is 0 Å². The summed E-state index contributed by atoms with van der Waals surface area (Å²) in [4.78, 5) is 6.85. The van der Waals surface area contributed by atoms with Crippen LogP contribution in [0.1, 0.15) is 25.5 Å². The Morgan fingerprint density at radius 2 is 1.73 bits per heavy atom. The Kier molecular flexibility index (Phi) is 4.89. The lowest BCUT2D eigenvalue weighted by molar-refractivity contribution is 0.104. The van der Waals surface area contributed by atoms with E-state index in [1.807, 2.05) is 6.20 Å². The summed E-state index contributed by atoms with van der Waals surface area (Å²) in [5.41, 5.74) is 3.52. The molecule has 2 aromatic carbocycles. The molecular formula is C23H26N2O. The number of fused-ring (bicyclic) bond motifs is 1. The first-order valence-electron chi connectivity index (χ1n) is 9.58. The smallest absolute Gasteiger partial charge is 0.119 e. The molecule has 0 saturated carbocycles. The van der Waals surface area contributed by atoms with Gasteiger partial charge >= 0.3 is 0 Å². The van der Waals surface area contributed by atoms with Crippen LogP contribution in [0.25, 0.3) is 21.9 Å². The third kappa shape index (κ3) is 3.58. The molecule has 0 bridgehead atoms. The van der Waals surface area contributed by atoms with Crippen LogP contribution in [0.15, 0.2) is 54.7 Å². The summed E-state index contributed by atoms with van der Waals surface area (Å²) in [6.45, 7) is 7.71. The molecule has 1 saturated heterocycles. The summed E-state index contributed by atoms with van der Waals surface area (Å²) in [6, 6.07) is 17.2. The number of hydrogen-bond acceptors (Lipinski definition) is 3. The zero-order chi connectivity index (χ0) is 17.9. The van der Waals surface area contributed by atoms with Crippen LogP contribution in [0.2, 0.25) is 0 Å². The second-order valence-electron chi connectivity index (χ2n) is 7.11. The molecule has 0 radical (unpaired) electrons. The number of likely N-dealkylation sites (tertiary alicyclic amines) is 1. The standard InChI is InChI=1S/C23H26N2O/c1-3-25-14-11-22(12-15-25)26-21-7-4-18(5-8-21)19-6-9-23-17(2)24-13-10-20(23)16-19/h4-10,13,16,22H,3,11-12,14-15H2,1-2H3. The van der Waals surface area contributed by atoms with Crippen LogP contribution < -0.4 is 4.74 Å². The molecule has 3 aromatic rings. The number of nitrogens with zero attached hydrogens (tertiary/aromatic N) is 2. The summed E-state index contributed by atoms with van der Waals surface area (Å²) in [6.07, 6.45) is 4.46. The highest BCUT2D eigenvalue weighted by atomic mass is 16.5. The Hall–Kier alpha value is -2.39. The third-order valence-electron chi connectivity index (χ3n) is 5.44. The summed E-state index contributed by atoms with van der Waals surface area (Å²) in [7, 11) is 0. The monoisotopic (exact) mass is 346 g/mol. The molecule has 1 aliphatic rings. The van der Waals surface area contributed by atoms with Crippen molar-refractivity contribution in [3.63, 3.8) is 0 Å². The van der Waals surface area contributed by atoms with Crippen molar-refractivity contribution in [1.82, 2.24) is 9.88 Å². The van der Waals surface area contributed by atoms with Gasteiger partial charge < -0.3 is 9.64 Å². The number of hydrogen-bond donors (Lipinski definition) is 0. The Balaban J connectivity index is 1.48. The molecule has 1 fully saturated rings. The van der Waals surface area contributed by atoms with E-state index in [-0.39, 0.29) is 0 Å². The van der Waals surface area contributed by atoms with Gasteiger partial charge in [-0.15, -0.1) is 0 Å². The molecule has 0 amide bonds. The van der Waals surface area contributed by atoms with E-state index in [1.165, 1.54) is 21.9 Å². The van der Waals surface area contributed by atoms with Gasteiger partial charge in [-0.2, -0.15) is 0 Å². The van der Waals surface area contributed by atoms with Gasteiger partial charge in [-0.3, -0.25) is 4.98 Å². The maximum Gasteiger partial charge on any atom is 0.119 e. The van der Waals surface area contributed by atoms with Crippen molar-refractivity contribution >= 4 is 10.8 Å². The van der Waals surface area contributed by atoms with Crippen molar-refractivity contribution in [1.29, 1.82) is 0 Å². The number of rotatable bonds is 4. The maximum atomic E-state index is 6.19. The second kappa shape index (κ2) is 7.46. The highest BCUT2D eigenvalue weighted by Crippen LogP contribution is 2.28. The van der Waals surface area contributed by atoms with Crippen molar-refractivity contribution in [2.75, 3.05) is 19.6 Å². The number of ether oxygens (including phenoxy) is 1. The molecule has 134 valence electrons. The van der Waals surface area contributed by atoms with Gasteiger partial charge in [0.1, 0.15) is 11.9 Å². The number of aryl methyl sites for hydroxylation is 1. The van der Waals surface area contributed by atoms with Crippen molar-refractivity contribution in [2.45, 2.75) is 32.8 Å². The van der Waals surface area contributed by atoms with Gasteiger partial charge in [0, 0.05) is 30.4 Å². The molecule has 2 heterocycles. The quantitative estimate of drug-likeness (QED) is 0.659. The van der Waals surface area contributed by atoms with Gasteiger partial charge in [-0.1, -0.05) is 31.2 Å². The fourth-order valence-corrected chi connectivity index (χ4v) is 3.77. The van der Waals surface area contributed by atoms with E-state index in [4.69, 9.17) is 4.74 Å². The Morgan fingerprint density at radius 3 is 2.46 bits per heavy atom. The number of benzene rings is 2. The first kappa shape index (κ1) is 17.0. The SMILES string of the molecule is CCN1CCC(Oc2ccc(-c3ccc4c(C)nccc4c3)cc2)CC1. The van der Waals surface area contributed by atoms with Gasteiger partial charge in [0.05, 0.1) is 0 Å². The lowest BCUT2D eigenvalue weighted by Crippen LogP contribution is -2.37. The Bertz CT molecular complexity index is 880. The molecule has 0 N–H and O–H groups in total. The van der Waals surface area contributed by atoms with Crippen LogP contribution in [-0.4, -0.2) is 35.6 Å². The van der Waals surface area contributed by atoms with Crippen molar-refractivity contribution in [2.24, 2.45) is 0 Å². The zero-order valence-electron chi connectivity index (χ0n) is 15.6. The second-order valence-corrected chi connectivity index (χ2v) is 7.11. The first-order chi connectivity index (χ1) is 12.7. The normalized spacial score (nSPS) is 16.1. The minimum absolute atomic E-state index is 0.347. The van der Waals surface area contributed by atoms with Gasteiger partial charge in [0.15, 0.2) is 0 Å². The average molecular weight is 346 g/mol. The van der Waals surface area contributed by atoms with Crippen molar-refractivity contribution in [3.8, 4) is 16.9 Å². The van der Waals surface area contributed by atoms with Crippen LogP contribution in [0.4, 0.5) is 0 Å². The van der Waals surface area contributed by atoms with E-state index in [0.29, 0.717) is 6.10 Å². The third-order valence-corrected chi connectivity index (χ3v) is 5.44. The van der Waals surface area contributed by atoms with Gasteiger partial charge in [0.2, 0.25) is 0 Å². The molecule has 3 nitrogen and oxygen atoms in total. The molecule has 0 unspecified atom stereocenters. The molecule has 3 heteroatoms. The molecule has 1 aromatic heterocycles. The fraction of sp³-hybridized carbons (Fsp3) is 0.348. The van der Waals surface area contributed by atoms with E-state index in [9.17, 15) is 0 Å². The topological polar surface area (TPSA) is 25.4 Å². The Morgan fingerprint density at radius 1 is 1.00 bits per heavy atom. The molecule has 4 rings (SSSR count). The van der Waals surface area contributed by atoms with Crippen molar-refractivity contribution in [3.05, 3.63) is 60.4 Å². The number of piperidine rings is 1. The maximum absolute atomic E-state index is 6.19. The molecular weight excluding hydrogens is 320 g/mol. The van der Waals surface area contributed by atoms with Gasteiger partial charge in [0.25, 0.3) is 0 Å². The average Bonchev–Trinajstić information content (AvgIpc) is 2.69. The van der Waals surface area contributed by atoms with Gasteiger partial charge in [-0.05, 0) is 67.1 Å². The highest BCUT2D eigenvalue weighted by Gasteiger charge is 2.19. The summed E-state index contributed by atoms with van der Waals surface area (Å²) >= 11 is 0. The van der Waals surface area contributed by atoms with Crippen LogP contribution >= 0.6 is 0 Å². The lowest BCUT2D eigenvalue weighted by atomic mass is 10.0. The van der Waals surface area contributed by atoms with Crippen LogP contribution in [0, 0.1) is 6.92 Å². The zero-order valence-corrected chi connectivity index (χ0v) is 15.6. The molecule has 0 atom stereocenters. The molecule has 0 spiro atoms. The van der Waals surface area contributed by atoms with E-state index in [1.54, 1.807) is 0 Å². The number of aromatic nitrogens is 1. The van der Waals surface area contributed by atoms with Crippen molar-refractivity contribution < 1.29 is 4.74 Å². The van der Waals surface area contributed by atoms with Crippen LogP contribution in [0.3, 0.4) is 0 Å².